The summed E-state index contributed by atoms with van der Waals surface area (Å²) in [5.41, 5.74) is 0.850. The van der Waals surface area contributed by atoms with Gasteiger partial charge in [0.15, 0.2) is 0 Å². The smallest absolute Gasteiger partial charge is 0.330 e. The lowest BCUT2D eigenvalue weighted by Crippen LogP contribution is -2.39. The first-order valence-electron chi connectivity index (χ1n) is 24.3. The normalized spacial score (nSPS) is 16.8. The first kappa shape index (κ1) is 57.2. The number of hydrogen-bond donors (Lipinski definition) is 3. The third-order valence-electron chi connectivity index (χ3n) is 11.6. The number of aryl methyl sites for hydroxylation is 1. The van der Waals surface area contributed by atoms with Crippen molar-refractivity contribution >= 4 is 20.3 Å². The predicted molar refractivity (Wildman–Crippen MR) is 274 cm³/mol. The highest BCUT2D eigenvalue weighted by Gasteiger charge is 2.45. The molecule has 1 aliphatic rings. The van der Waals surface area contributed by atoms with E-state index in [9.17, 15) is 24.4 Å². The number of carbonyl (C=O) groups excluding carboxylic acids is 2. The molecule has 4 aromatic rings. The minimum atomic E-state index is -1.73. The number of nitriles is 1. The summed E-state index contributed by atoms with van der Waals surface area (Å²) in [6.07, 6.45) is 0.409. The number of benzene rings is 3. The Bertz CT molecular complexity index is 2470. The van der Waals surface area contributed by atoms with Crippen molar-refractivity contribution in [2.45, 2.75) is 103 Å². The highest BCUT2D eigenvalue weighted by Crippen LogP contribution is 2.50. The summed E-state index contributed by atoms with van der Waals surface area (Å²) < 4.78 is 53.5. The summed E-state index contributed by atoms with van der Waals surface area (Å²) >= 11 is 0. The molecule has 2 heterocycles. The first-order chi connectivity index (χ1) is 34.7. The van der Waals surface area contributed by atoms with Crippen molar-refractivity contribution in [2.24, 2.45) is 0 Å². The van der Waals surface area contributed by atoms with Crippen LogP contribution in [0.3, 0.4) is 0 Å². The van der Waals surface area contributed by atoms with Crippen LogP contribution in [0.5, 0.6) is 11.5 Å². The number of hydrogen-bond acceptors (Lipinski definition) is 14. The van der Waals surface area contributed by atoms with Crippen molar-refractivity contribution in [3.63, 3.8) is 0 Å². The third kappa shape index (κ3) is 16.4. The number of aromatic amines is 1. The Labute approximate surface area is 423 Å². The van der Waals surface area contributed by atoms with Gasteiger partial charge in [-0.25, -0.2) is 9.46 Å². The molecule has 0 saturated carbocycles. The Morgan fingerprint density at radius 2 is 1.50 bits per heavy atom. The van der Waals surface area contributed by atoms with E-state index >= 15 is 0 Å². The number of ether oxygens (including phenoxy) is 6. The molecule has 1 aromatic heterocycles. The standard InChI is InChI=1S/C53H71N6O12P/c1-37(2)50(61)56-27-31-66-33-32-65-30-26-55-48(60)16-12-28-67-45-23-19-43(20-24-45)53(41-14-10-9-11-15-41,42-17-21-44(64-8)22-18-42)68-36-47-46(34-49(70-47)58-35-40(7)51(62)57-52(58)63)71-72(69-29-13-25-54)59(38(3)4)39(5)6/h9-11,14-15,17-24,35,38-39,46-47,49H,1,12-13,16,26-34,36H2,2-8H3,(H,55,60)(H,56,61)(H,57,62,63)/t46-,47+,49+,53?,72?/m0/s1. The van der Waals surface area contributed by atoms with Crippen LogP contribution in [0.15, 0.2) is 107 Å². The molecule has 390 valence electrons. The fraction of sp³-hybridized carbons (Fsp3) is 0.491. The summed E-state index contributed by atoms with van der Waals surface area (Å²) in [7, 11) is -0.118. The number of aromatic nitrogens is 2. The molecule has 72 heavy (non-hydrogen) atoms. The fourth-order valence-electron chi connectivity index (χ4n) is 8.07. The Kier molecular flexibility index (Phi) is 23.1. The van der Waals surface area contributed by atoms with Gasteiger partial charge >= 0.3 is 5.69 Å². The van der Waals surface area contributed by atoms with Crippen LogP contribution in [-0.2, 0) is 43.2 Å². The molecule has 0 spiro atoms. The fourth-order valence-corrected chi connectivity index (χ4v) is 9.83. The maximum absolute atomic E-state index is 13.3. The summed E-state index contributed by atoms with van der Waals surface area (Å²) in [6, 6.07) is 27.3. The number of nitrogens with zero attached hydrogens (tertiary/aromatic N) is 3. The topological polar surface area (TPSA) is 214 Å². The monoisotopic (exact) mass is 1010 g/mol. The molecule has 5 atom stereocenters. The maximum atomic E-state index is 13.3. The van der Waals surface area contributed by atoms with Gasteiger partial charge < -0.3 is 48.1 Å². The number of rotatable bonds is 31. The van der Waals surface area contributed by atoms with Crippen LogP contribution in [-0.4, -0.2) is 117 Å². The molecule has 1 fully saturated rings. The minimum Gasteiger partial charge on any atom is -0.497 e. The van der Waals surface area contributed by atoms with Crippen LogP contribution in [0.1, 0.15) is 88.8 Å². The zero-order valence-electron chi connectivity index (χ0n) is 42.6. The van der Waals surface area contributed by atoms with Crippen molar-refractivity contribution in [1.82, 2.24) is 24.9 Å². The minimum absolute atomic E-state index is 0.0246. The van der Waals surface area contributed by atoms with Gasteiger partial charge in [-0.1, -0.05) is 61.2 Å². The predicted octanol–water partition coefficient (Wildman–Crippen LogP) is 6.81. The molecule has 3 aromatic carbocycles. The van der Waals surface area contributed by atoms with Crippen LogP contribution >= 0.6 is 8.53 Å². The quantitative estimate of drug-likeness (QED) is 0.0205. The molecule has 18 nitrogen and oxygen atoms in total. The third-order valence-corrected chi connectivity index (χ3v) is 13.8. The maximum Gasteiger partial charge on any atom is 0.330 e. The lowest BCUT2D eigenvalue weighted by molar-refractivity contribution is -0.121. The van der Waals surface area contributed by atoms with Crippen molar-refractivity contribution < 1.29 is 47.1 Å². The first-order valence-corrected chi connectivity index (χ1v) is 25.5. The van der Waals surface area contributed by atoms with Gasteiger partial charge in [-0.2, -0.15) is 5.26 Å². The summed E-state index contributed by atoms with van der Waals surface area (Å²) in [5.74, 6) is 0.946. The van der Waals surface area contributed by atoms with Crippen molar-refractivity contribution in [1.29, 1.82) is 5.26 Å². The highest BCUT2D eigenvalue weighted by molar-refractivity contribution is 7.44. The van der Waals surface area contributed by atoms with Crippen LogP contribution in [0, 0.1) is 18.3 Å². The van der Waals surface area contributed by atoms with E-state index in [0.717, 1.165) is 16.7 Å². The van der Waals surface area contributed by atoms with E-state index in [2.05, 4.69) is 60.6 Å². The molecule has 0 bridgehead atoms. The van der Waals surface area contributed by atoms with Crippen LogP contribution in [0.25, 0.3) is 0 Å². The molecule has 2 amide bonds. The van der Waals surface area contributed by atoms with Gasteiger partial charge in [0.25, 0.3) is 14.1 Å². The SMILES string of the molecule is C=C(C)C(=O)NCCOCCOCCNC(=O)CCCOc1ccc(C(OC[C@H]2O[C@@H](n3cc(C)c(=O)[nH]c3=O)C[C@@H]2OP(OCCC#N)N(C(C)C)C(C)C)(c2ccccc2)c2ccc(OC)cc2)cc1. The second kappa shape index (κ2) is 29.1. The molecule has 1 aliphatic heterocycles. The van der Waals surface area contributed by atoms with Crippen LogP contribution in [0.2, 0.25) is 0 Å². The van der Waals surface area contributed by atoms with Gasteiger partial charge in [0.05, 0.1) is 72.0 Å². The summed E-state index contributed by atoms with van der Waals surface area (Å²) in [4.78, 5) is 52.2. The van der Waals surface area contributed by atoms with Gasteiger partial charge in [-0.3, -0.25) is 23.9 Å². The molecular formula is C53H71N6O12P. The van der Waals surface area contributed by atoms with E-state index in [4.69, 9.17) is 37.5 Å². The molecule has 19 heteroatoms. The van der Waals surface area contributed by atoms with Crippen molar-refractivity contribution in [3.8, 4) is 17.6 Å². The zero-order chi connectivity index (χ0) is 52.0. The lowest BCUT2D eigenvalue weighted by atomic mass is 9.80. The summed E-state index contributed by atoms with van der Waals surface area (Å²) in [6.45, 7) is 17.7. The van der Waals surface area contributed by atoms with Gasteiger partial charge in [0.2, 0.25) is 11.8 Å². The average molecular weight is 1020 g/mol. The molecule has 2 unspecified atom stereocenters. The molecule has 5 rings (SSSR count). The highest BCUT2D eigenvalue weighted by atomic mass is 31.2. The molecule has 1 saturated heterocycles. The van der Waals surface area contributed by atoms with E-state index in [-0.39, 0.29) is 56.4 Å². The van der Waals surface area contributed by atoms with Crippen LogP contribution < -0.4 is 31.4 Å². The lowest BCUT2D eigenvalue weighted by Gasteiger charge is -2.39. The molecule has 3 N–H and O–H groups in total. The number of methoxy groups -OCH3 is 1. The Morgan fingerprint density at radius 3 is 2.10 bits per heavy atom. The summed E-state index contributed by atoms with van der Waals surface area (Å²) in [5, 5.41) is 15.0. The second-order valence-corrected chi connectivity index (χ2v) is 19.1. The molecule has 0 radical (unpaired) electrons. The Hall–Kier alpha value is -5.74. The Balaban J connectivity index is 1.33. The van der Waals surface area contributed by atoms with Crippen molar-refractivity contribution in [3.05, 3.63) is 140 Å². The largest absolute Gasteiger partial charge is 0.497 e. The number of H-pyrrole nitrogens is 1. The van der Waals surface area contributed by atoms with E-state index in [1.165, 1.54) is 10.8 Å². The van der Waals surface area contributed by atoms with Crippen LogP contribution in [0.4, 0.5) is 0 Å². The van der Waals surface area contributed by atoms with E-state index in [1.54, 1.807) is 21.0 Å². The Morgan fingerprint density at radius 1 is 0.889 bits per heavy atom. The van der Waals surface area contributed by atoms with Gasteiger partial charge in [-0.15, -0.1) is 0 Å². The van der Waals surface area contributed by atoms with Crippen molar-refractivity contribution in [2.75, 3.05) is 66.4 Å². The second-order valence-electron chi connectivity index (χ2n) is 17.7. The number of amides is 2. The zero-order valence-corrected chi connectivity index (χ0v) is 43.5. The number of nitrogens with one attached hydrogen (secondary N) is 3. The van der Waals surface area contributed by atoms with Gasteiger partial charge in [0.1, 0.15) is 29.4 Å². The van der Waals surface area contributed by atoms with E-state index < -0.39 is 43.8 Å². The van der Waals surface area contributed by atoms with Gasteiger partial charge in [0, 0.05) is 55.3 Å². The average Bonchev–Trinajstić information content (AvgIpc) is 3.76. The van der Waals surface area contributed by atoms with E-state index in [1.807, 2.05) is 78.9 Å². The number of carbonyl (C=O) groups is 2. The van der Waals surface area contributed by atoms with Gasteiger partial charge in [-0.05, 0) is 88.9 Å². The molecule has 0 aliphatic carbocycles. The van der Waals surface area contributed by atoms with E-state index in [0.29, 0.717) is 75.2 Å². The molecular weight excluding hydrogens is 944 g/mol.